The normalized spacial score (nSPS) is 16.8. The van der Waals surface area contributed by atoms with Crippen LogP contribution in [0.5, 0.6) is 0 Å². The number of carbonyl (C=O) groups is 1. The number of piperazine rings is 1. The third kappa shape index (κ3) is 4.29. The summed E-state index contributed by atoms with van der Waals surface area (Å²) >= 11 is 0. The van der Waals surface area contributed by atoms with E-state index in [1.807, 2.05) is 66.7 Å². The van der Waals surface area contributed by atoms with Crippen molar-refractivity contribution >= 4 is 34.0 Å². The molecule has 0 atom stereocenters. The van der Waals surface area contributed by atoms with Gasteiger partial charge in [-0.15, -0.1) is 0 Å². The largest absolute Gasteiger partial charge is 0.457 e. The lowest BCUT2D eigenvalue weighted by Gasteiger charge is -2.34. The van der Waals surface area contributed by atoms with Gasteiger partial charge in [-0.05, 0) is 34.5 Å². The highest BCUT2D eigenvalue weighted by Crippen LogP contribution is 2.33. The summed E-state index contributed by atoms with van der Waals surface area (Å²) in [6.45, 7) is 3.16. The van der Waals surface area contributed by atoms with Gasteiger partial charge in [-0.1, -0.05) is 48.5 Å². The lowest BCUT2D eigenvalue weighted by atomic mass is 10.1. The number of nitrogens with one attached hydrogen (secondary N) is 2. The molecule has 3 aromatic carbocycles. The minimum atomic E-state index is -0.671. The zero-order valence-corrected chi connectivity index (χ0v) is 18.0. The van der Waals surface area contributed by atoms with Crippen LogP contribution in [0.2, 0.25) is 0 Å². The van der Waals surface area contributed by atoms with Crippen LogP contribution in [0, 0.1) is 11.3 Å². The molecule has 0 unspecified atom stereocenters. The Balaban J connectivity index is 1.44. The van der Waals surface area contributed by atoms with Crippen molar-refractivity contribution in [1.29, 1.82) is 5.26 Å². The van der Waals surface area contributed by atoms with Gasteiger partial charge in [0.05, 0.1) is 11.4 Å². The fourth-order valence-corrected chi connectivity index (χ4v) is 4.07. The highest BCUT2D eigenvalue weighted by atomic mass is 16.5. The molecule has 2 aliphatic rings. The van der Waals surface area contributed by atoms with Crippen LogP contribution in [0.4, 0.5) is 11.4 Å². The Morgan fingerprint density at radius 1 is 1.03 bits per heavy atom. The minimum Gasteiger partial charge on any atom is -0.457 e. The molecule has 1 fully saturated rings. The molecule has 7 nitrogen and oxygen atoms in total. The first-order chi connectivity index (χ1) is 16.2. The SMILES string of the molecule is N#C/C(C(=O)OCc1ccc2ccccc2c1)=C1/Nc2ccccc2N=C1N1CCNCC1. The molecule has 33 heavy (non-hydrogen) atoms. The number of hydrogen-bond acceptors (Lipinski definition) is 7. The van der Waals surface area contributed by atoms with Crippen LogP contribution in [0.3, 0.4) is 0 Å². The predicted octanol–water partition coefficient (Wildman–Crippen LogP) is 3.72. The van der Waals surface area contributed by atoms with Crippen LogP contribution in [0.1, 0.15) is 5.56 Å². The summed E-state index contributed by atoms with van der Waals surface area (Å²) in [6, 6.07) is 23.6. The molecule has 2 aliphatic heterocycles. The van der Waals surface area contributed by atoms with Crippen LogP contribution in [0.25, 0.3) is 10.8 Å². The van der Waals surface area contributed by atoms with Crippen molar-refractivity contribution in [3.05, 3.63) is 83.6 Å². The molecule has 7 heteroatoms. The number of para-hydroxylation sites is 2. The van der Waals surface area contributed by atoms with Crippen molar-refractivity contribution in [3.63, 3.8) is 0 Å². The molecule has 0 radical (unpaired) electrons. The van der Waals surface area contributed by atoms with Gasteiger partial charge in [-0.2, -0.15) is 5.26 Å². The quantitative estimate of drug-likeness (QED) is 0.369. The monoisotopic (exact) mass is 437 g/mol. The Hall–Kier alpha value is -4.15. The van der Waals surface area contributed by atoms with E-state index >= 15 is 0 Å². The van der Waals surface area contributed by atoms with E-state index in [0.717, 1.165) is 53.9 Å². The molecule has 164 valence electrons. The van der Waals surface area contributed by atoms with E-state index in [1.54, 1.807) is 0 Å². The van der Waals surface area contributed by atoms with Crippen LogP contribution < -0.4 is 10.6 Å². The Labute approximate surface area is 192 Å². The standard InChI is InChI=1S/C26H23N5O2/c27-16-21(26(32)33-17-18-9-10-19-5-1-2-6-20(19)15-18)24-25(31-13-11-28-12-14-31)30-23-8-4-3-7-22(23)29-24/h1-10,15,28-29H,11-14,17H2/b24-21-. The number of anilines is 1. The van der Waals surface area contributed by atoms with E-state index in [2.05, 4.69) is 21.6 Å². The molecule has 0 amide bonds. The minimum absolute atomic E-state index is 0.0809. The third-order valence-corrected chi connectivity index (χ3v) is 5.78. The van der Waals surface area contributed by atoms with Gasteiger partial charge in [0.2, 0.25) is 0 Å². The Morgan fingerprint density at radius 2 is 1.79 bits per heavy atom. The smallest absolute Gasteiger partial charge is 0.351 e. The number of rotatable bonds is 3. The lowest BCUT2D eigenvalue weighted by molar-refractivity contribution is -0.139. The first kappa shape index (κ1) is 20.7. The van der Waals surface area contributed by atoms with Crippen LogP contribution in [-0.2, 0) is 16.1 Å². The van der Waals surface area contributed by atoms with E-state index in [9.17, 15) is 10.1 Å². The van der Waals surface area contributed by atoms with E-state index in [1.165, 1.54) is 0 Å². The van der Waals surface area contributed by atoms with Gasteiger partial charge in [-0.25, -0.2) is 9.79 Å². The molecule has 2 heterocycles. The summed E-state index contributed by atoms with van der Waals surface area (Å²) in [5.74, 6) is -0.0789. The summed E-state index contributed by atoms with van der Waals surface area (Å²) < 4.78 is 5.56. The van der Waals surface area contributed by atoms with Crippen molar-refractivity contribution in [2.75, 3.05) is 31.5 Å². The molecule has 2 N–H and O–H groups in total. The van der Waals surface area contributed by atoms with Gasteiger partial charge < -0.3 is 20.3 Å². The Kier molecular flexibility index (Phi) is 5.75. The fraction of sp³-hybridized carbons (Fsp3) is 0.192. The maximum atomic E-state index is 13.0. The average molecular weight is 438 g/mol. The Bertz CT molecular complexity index is 1320. The van der Waals surface area contributed by atoms with Gasteiger partial charge >= 0.3 is 5.97 Å². The molecule has 0 bridgehead atoms. The average Bonchev–Trinajstić information content (AvgIpc) is 2.88. The van der Waals surface area contributed by atoms with Crippen LogP contribution in [-0.4, -0.2) is 42.9 Å². The molecule has 3 aromatic rings. The fourth-order valence-electron chi connectivity index (χ4n) is 4.07. The zero-order chi connectivity index (χ0) is 22.6. The van der Waals surface area contributed by atoms with Crippen molar-refractivity contribution < 1.29 is 9.53 Å². The summed E-state index contributed by atoms with van der Waals surface area (Å²) in [6.07, 6.45) is 0. The number of ether oxygens (including phenoxy) is 1. The third-order valence-electron chi connectivity index (χ3n) is 5.78. The number of amidine groups is 1. The number of carbonyl (C=O) groups excluding carboxylic acids is 1. The van der Waals surface area contributed by atoms with Crippen molar-refractivity contribution in [1.82, 2.24) is 10.2 Å². The number of benzene rings is 3. The van der Waals surface area contributed by atoms with E-state index in [0.29, 0.717) is 11.5 Å². The molecule has 0 aromatic heterocycles. The summed E-state index contributed by atoms with van der Waals surface area (Å²) in [5, 5.41) is 18.7. The van der Waals surface area contributed by atoms with Crippen molar-refractivity contribution in [2.24, 2.45) is 4.99 Å². The molecular formula is C26H23N5O2. The van der Waals surface area contributed by atoms with E-state index in [-0.39, 0.29) is 12.2 Å². The number of aliphatic imine (C=N–C) groups is 1. The molecular weight excluding hydrogens is 414 g/mol. The van der Waals surface area contributed by atoms with E-state index in [4.69, 9.17) is 9.73 Å². The second kappa shape index (κ2) is 9.15. The Morgan fingerprint density at radius 3 is 2.61 bits per heavy atom. The molecule has 1 saturated heterocycles. The summed E-state index contributed by atoms with van der Waals surface area (Å²) in [7, 11) is 0. The number of fused-ring (bicyclic) bond motifs is 2. The number of nitrogens with zero attached hydrogens (tertiary/aromatic N) is 3. The second-order valence-corrected chi connectivity index (χ2v) is 7.93. The van der Waals surface area contributed by atoms with Crippen molar-refractivity contribution in [2.45, 2.75) is 6.61 Å². The zero-order valence-electron chi connectivity index (χ0n) is 18.0. The predicted molar refractivity (Wildman–Crippen MR) is 128 cm³/mol. The van der Waals surface area contributed by atoms with Gasteiger partial charge in [-0.3, -0.25) is 0 Å². The molecule has 5 rings (SSSR count). The number of hydrogen-bond donors (Lipinski definition) is 2. The van der Waals surface area contributed by atoms with Crippen molar-refractivity contribution in [3.8, 4) is 6.07 Å². The number of esters is 1. The summed E-state index contributed by atoms with van der Waals surface area (Å²) in [4.78, 5) is 19.9. The molecule has 0 spiro atoms. The van der Waals surface area contributed by atoms with E-state index < -0.39 is 5.97 Å². The van der Waals surface area contributed by atoms with Gasteiger partial charge in [0.1, 0.15) is 18.4 Å². The first-order valence-electron chi connectivity index (χ1n) is 10.9. The van der Waals surface area contributed by atoms with Gasteiger partial charge in [0.25, 0.3) is 0 Å². The summed E-state index contributed by atoms with van der Waals surface area (Å²) in [5.41, 5.74) is 2.70. The van der Waals surface area contributed by atoms with Gasteiger partial charge in [0.15, 0.2) is 11.4 Å². The van der Waals surface area contributed by atoms with Crippen LogP contribution >= 0.6 is 0 Å². The topological polar surface area (TPSA) is 89.8 Å². The van der Waals surface area contributed by atoms with Gasteiger partial charge in [0, 0.05) is 26.2 Å². The first-order valence-corrected chi connectivity index (χ1v) is 10.9. The molecule has 0 saturated carbocycles. The van der Waals surface area contributed by atoms with Crippen LogP contribution in [0.15, 0.2) is 83.0 Å². The maximum absolute atomic E-state index is 13.0. The highest BCUT2D eigenvalue weighted by molar-refractivity contribution is 6.12. The molecule has 0 aliphatic carbocycles. The number of nitriles is 1. The second-order valence-electron chi connectivity index (χ2n) is 7.93. The highest BCUT2D eigenvalue weighted by Gasteiger charge is 2.29. The lowest BCUT2D eigenvalue weighted by Crippen LogP contribution is -2.48. The maximum Gasteiger partial charge on any atom is 0.351 e.